The van der Waals surface area contributed by atoms with Gasteiger partial charge >= 0.3 is 30.0 Å². The van der Waals surface area contributed by atoms with Gasteiger partial charge in [0.15, 0.2) is 12.2 Å². The highest BCUT2D eigenvalue weighted by atomic mass is 16.7. The van der Waals surface area contributed by atoms with Crippen LogP contribution in [0.3, 0.4) is 0 Å². The summed E-state index contributed by atoms with van der Waals surface area (Å²) in [4.78, 5) is 80.4. The standard InChI is InChI=1S/C31H39N3O12/c1-15(35)41-14-24-26(42-16(2)36)27(43-17(3)37)25(29(45-24)44-18(4)38)33-28(39)23-12-20-19-10-8-9-11-21(19)32-22(20)13-34(23)30(40)46-31(5,6)7/h8-11,23-27,29,32H,12-14H2,1-7H3,(H,33,39)/t23-,24+,25+,26+,27+,29+/m0/s1. The Bertz CT molecular complexity index is 1510. The maximum atomic E-state index is 14.2. The molecule has 46 heavy (non-hydrogen) atoms. The van der Waals surface area contributed by atoms with E-state index in [0.29, 0.717) is 0 Å². The zero-order valence-corrected chi connectivity index (χ0v) is 26.7. The number of carbonyl (C=O) groups is 6. The molecule has 0 saturated carbocycles. The molecular weight excluding hydrogens is 606 g/mol. The Morgan fingerprint density at radius 2 is 1.54 bits per heavy atom. The number of H-pyrrole nitrogens is 1. The van der Waals surface area contributed by atoms with E-state index in [1.54, 1.807) is 20.8 Å². The van der Waals surface area contributed by atoms with Crippen molar-refractivity contribution in [2.75, 3.05) is 6.61 Å². The fourth-order valence-corrected chi connectivity index (χ4v) is 5.54. The predicted octanol–water partition coefficient (Wildman–Crippen LogP) is 2.03. The molecule has 1 aromatic carbocycles. The Hall–Kier alpha value is -4.66. The van der Waals surface area contributed by atoms with E-state index in [0.717, 1.165) is 49.9 Å². The Balaban J connectivity index is 1.74. The van der Waals surface area contributed by atoms with E-state index in [9.17, 15) is 28.8 Å². The Morgan fingerprint density at radius 1 is 0.913 bits per heavy atom. The average molecular weight is 646 g/mol. The van der Waals surface area contributed by atoms with Crippen molar-refractivity contribution in [3.8, 4) is 0 Å². The van der Waals surface area contributed by atoms with E-state index in [1.165, 1.54) is 4.90 Å². The molecule has 0 aliphatic carbocycles. The SMILES string of the molecule is CC(=O)OC[C@H]1O[C@@H](OC(C)=O)[C@H](NC(=O)[C@@H]2Cc3c([nH]c4ccccc34)CN2C(=O)OC(C)(C)C)[C@@H](OC(C)=O)[C@@H]1OC(C)=O. The van der Waals surface area contributed by atoms with E-state index in [1.807, 2.05) is 24.3 Å². The van der Waals surface area contributed by atoms with E-state index >= 15 is 0 Å². The quantitative estimate of drug-likeness (QED) is 0.330. The molecule has 2 aliphatic rings. The first-order chi connectivity index (χ1) is 21.5. The third-order valence-corrected chi connectivity index (χ3v) is 7.23. The van der Waals surface area contributed by atoms with Gasteiger partial charge in [-0.15, -0.1) is 0 Å². The van der Waals surface area contributed by atoms with Crippen molar-refractivity contribution in [1.29, 1.82) is 0 Å². The molecule has 250 valence electrons. The number of hydrogen-bond acceptors (Lipinski definition) is 12. The molecule has 0 spiro atoms. The molecule has 2 aromatic rings. The molecule has 6 atom stereocenters. The number of aromatic amines is 1. The molecule has 0 unspecified atom stereocenters. The number of fused-ring (bicyclic) bond motifs is 3. The maximum Gasteiger partial charge on any atom is 0.411 e. The normalized spacial score (nSPS) is 24.3. The topological polar surface area (TPSA) is 189 Å². The number of benzene rings is 1. The van der Waals surface area contributed by atoms with Crippen molar-refractivity contribution in [2.45, 2.75) is 104 Å². The van der Waals surface area contributed by atoms with Gasteiger partial charge in [0.1, 0.15) is 30.4 Å². The highest BCUT2D eigenvalue weighted by molar-refractivity contribution is 5.90. The lowest BCUT2D eigenvalue weighted by molar-refractivity contribution is -0.271. The second-order valence-electron chi connectivity index (χ2n) is 12.1. The second kappa shape index (κ2) is 13.8. The van der Waals surface area contributed by atoms with Crippen LogP contribution in [0.4, 0.5) is 4.79 Å². The Kier molecular flexibility index (Phi) is 10.2. The summed E-state index contributed by atoms with van der Waals surface area (Å²) in [6.07, 6.45) is -6.37. The maximum absolute atomic E-state index is 14.2. The van der Waals surface area contributed by atoms with Crippen molar-refractivity contribution in [3.05, 3.63) is 35.5 Å². The van der Waals surface area contributed by atoms with E-state index in [-0.39, 0.29) is 13.0 Å². The van der Waals surface area contributed by atoms with Gasteiger partial charge in [0.05, 0.1) is 6.54 Å². The number of rotatable bonds is 7. The van der Waals surface area contributed by atoms with Crippen molar-refractivity contribution in [2.24, 2.45) is 0 Å². The number of amides is 2. The number of ether oxygens (including phenoxy) is 6. The molecule has 15 nitrogen and oxygen atoms in total. The zero-order chi connectivity index (χ0) is 33.9. The molecular formula is C31H39N3O12. The minimum Gasteiger partial charge on any atom is -0.463 e. The number of carbonyl (C=O) groups excluding carboxylic acids is 6. The first-order valence-corrected chi connectivity index (χ1v) is 14.7. The molecule has 1 fully saturated rings. The molecule has 1 aromatic heterocycles. The number of nitrogens with one attached hydrogen (secondary N) is 2. The van der Waals surface area contributed by atoms with Crippen LogP contribution in [0.25, 0.3) is 10.9 Å². The summed E-state index contributed by atoms with van der Waals surface area (Å²) in [5.74, 6) is -3.80. The number of para-hydroxylation sites is 1. The van der Waals surface area contributed by atoms with Crippen LogP contribution in [0.15, 0.2) is 24.3 Å². The zero-order valence-electron chi connectivity index (χ0n) is 26.7. The van der Waals surface area contributed by atoms with Gasteiger partial charge in [-0.3, -0.25) is 28.9 Å². The number of aromatic nitrogens is 1. The molecule has 0 radical (unpaired) electrons. The molecule has 4 rings (SSSR count). The number of nitrogens with zero attached hydrogens (tertiary/aromatic N) is 1. The van der Waals surface area contributed by atoms with Crippen LogP contribution >= 0.6 is 0 Å². The van der Waals surface area contributed by atoms with Gasteiger partial charge in [0, 0.05) is 50.7 Å². The van der Waals surface area contributed by atoms with Gasteiger partial charge in [-0.25, -0.2) is 4.79 Å². The van der Waals surface area contributed by atoms with Gasteiger partial charge in [-0.2, -0.15) is 0 Å². The van der Waals surface area contributed by atoms with Crippen LogP contribution in [0.5, 0.6) is 0 Å². The Morgan fingerprint density at radius 3 is 2.15 bits per heavy atom. The minimum atomic E-state index is -1.58. The molecule has 2 aliphatic heterocycles. The van der Waals surface area contributed by atoms with Crippen LogP contribution in [0.2, 0.25) is 0 Å². The number of hydrogen-bond donors (Lipinski definition) is 2. The summed E-state index contributed by atoms with van der Waals surface area (Å²) < 4.78 is 33.0. The predicted molar refractivity (Wildman–Crippen MR) is 158 cm³/mol. The van der Waals surface area contributed by atoms with E-state index < -0.39 is 84.8 Å². The fraction of sp³-hybridized carbons (Fsp3) is 0.548. The molecule has 15 heteroatoms. The fourth-order valence-electron chi connectivity index (χ4n) is 5.54. The first kappa shape index (κ1) is 34.2. The summed E-state index contributed by atoms with van der Waals surface area (Å²) in [7, 11) is 0. The van der Waals surface area contributed by atoms with Gasteiger partial charge < -0.3 is 38.7 Å². The van der Waals surface area contributed by atoms with Crippen molar-refractivity contribution in [3.63, 3.8) is 0 Å². The molecule has 2 N–H and O–H groups in total. The smallest absolute Gasteiger partial charge is 0.411 e. The van der Waals surface area contributed by atoms with Crippen molar-refractivity contribution < 1.29 is 57.2 Å². The lowest BCUT2D eigenvalue weighted by Crippen LogP contribution is -2.68. The summed E-state index contributed by atoms with van der Waals surface area (Å²) in [6, 6.07) is 4.95. The third-order valence-electron chi connectivity index (χ3n) is 7.23. The summed E-state index contributed by atoms with van der Waals surface area (Å²) in [5, 5.41) is 3.60. The second-order valence-corrected chi connectivity index (χ2v) is 12.1. The molecule has 1 saturated heterocycles. The number of esters is 4. The first-order valence-electron chi connectivity index (χ1n) is 14.7. The minimum absolute atomic E-state index is 0.0134. The lowest BCUT2D eigenvalue weighted by atomic mass is 9.93. The van der Waals surface area contributed by atoms with Crippen LogP contribution in [0.1, 0.15) is 59.7 Å². The molecule has 3 heterocycles. The van der Waals surface area contributed by atoms with E-state index in [2.05, 4.69) is 10.3 Å². The highest BCUT2D eigenvalue weighted by Crippen LogP contribution is 2.33. The third kappa shape index (κ3) is 8.13. The van der Waals surface area contributed by atoms with Gasteiger partial charge in [0.2, 0.25) is 12.2 Å². The van der Waals surface area contributed by atoms with Gasteiger partial charge in [0.25, 0.3) is 0 Å². The van der Waals surface area contributed by atoms with Crippen LogP contribution < -0.4 is 5.32 Å². The molecule has 0 bridgehead atoms. The van der Waals surface area contributed by atoms with Crippen molar-refractivity contribution in [1.82, 2.24) is 15.2 Å². The molecule has 2 amide bonds. The van der Waals surface area contributed by atoms with Gasteiger partial charge in [-0.1, -0.05) is 18.2 Å². The highest BCUT2D eigenvalue weighted by Gasteiger charge is 2.53. The summed E-state index contributed by atoms with van der Waals surface area (Å²) >= 11 is 0. The van der Waals surface area contributed by atoms with E-state index in [4.69, 9.17) is 28.4 Å². The summed E-state index contributed by atoms with van der Waals surface area (Å²) in [5.41, 5.74) is 1.51. The van der Waals surface area contributed by atoms with Gasteiger partial charge in [-0.05, 0) is 32.4 Å². The largest absolute Gasteiger partial charge is 0.463 e. The average Bonchev–Trinajstić information content (AvgIpc) is 3.30. The van der Waals surface area contributed by atoms with Crippen LogP contribution in [-0.2, 0) is 65.4 Å². The lowest BCUT2D eigenvalue weighted by Gasteiger charge is -2.45. The monoisotopic (exact) mass is 645 g/mol. The summed E-state index contributed by atoms with van der Waals surface area (Å²) in [6.45, 7) is 9.13. The van der Waals surface area contributed by atoms with Crippen molar-refractivity contribution >= 4 is 46.8 Å². The van der Waals surface area contributed by atoms with Crippen LogP contribution in [-0.4, -0.2) is 94.7 Å². The Labute approximate surface area is 265 Å². The van der Waals surface area contributed by atoms with Crippen LogP contribution in [0, 0.1) is 0 Å².